The van der Waals surface area contributed by atoms with E-state index in [0.717, 1.165) is 0 Å². The van der Waals surface area contributed by atoms with Crippen molar-refractivity contribution < 1.29 is 4.21 Å². The van der Waals surface area contributed by atoms with Crippen LogP contribution >= 0.6 is 0 Å². The Morgan fingerprint density at radius 2 is 1.60 bits per heavy atom. The van der Waals surface area contributed by atoms with Crippen molar-refractivity contribution in [3.8, 4) is 0 Å². The lowest BCUT2D eigenvalue weighted by atomic mass is 9.81. The summed E-state index contributed by atoms with van der Waals surface area (Å²) in [4.78, 5) is 0. The van der Waals surface area contributed by atoms with Crippen molar-refractivity contribution in [3.05, 3.63) is 34.9 Å². The molecule has 0 bridgehead atoms. The SMILES string of the molecule is Cc1ccc([C@H](NS(=O)C(C)(C)C)C(C)(C)C)c(C)c1. The normalized spacial score (nSPS) is 16.0. The molecule has 0 amide bonds. The predicted molar refractivity (Wildman–Crippen MR) is 89.1 cm³/mol. The van der Waals surface area contributed by atoms with Gasteiger partial charge in [-0.15, -0.1) is 0 Å². The first-order valence-electron chi connectivity index (χ1n) is 7.18. The van der Waals surface area contributed by atoms with Gasteiger partial charge in [-0.1, -0.05) is 44.5 Å². The molecule has 114 valence electrons. The van der Waals surface area contributed by atoms with Gasteiger partial charge in [0.25, 0.3) is 0 Å². The molecule has 0 aliphatic rings. The van der Waals surface area contributed by atoms with E-state index in [-0.39, 0.29) is 16.2 Å². The van der Waals surface area contributed by atoms with Crippen molar-refractivity contribution in [2.24, 2.45) is 5.41 Å². The Kier molecular flexibility index (Phi) is 5.20. The van der Waals surface area contributed by atoms with Gasteiger partial charge < -0.3 is 0 Å². The van der Waals surface area contributed by atoms with E-state index in [2.05, 4.69) is 57.5 Å². The molecule has 0 aliphatic carbocycles. The van der Waals surface area contributed by atoms with Gasteiger partial charge in [-0.25, -0.2) is 8.93 Å². The molecular weight excluding hydrogens is 266 g/mol. The highest BCUT2D eigenvalue weighted by Crippen LogP contribution is 2.35. The van der Waals surface area contributed by atoms with Gasteiger partial charge in [0.1, 0.15) is 0 Å². The molecule has 2 atom stereocenters. The molecule has 1 aromatic carbocycles. The molecule has 0 aliphatic heterocycles. The predicted octanol–water partition coefficient (Wildman–Crippen LogP) is 4.44. The van der Waals surface area contributed by atoms with Crippen LogP contribution in [-0.4, -0.2) is 8.96 Å². The second-order valence-electron chi connectivity index (χ2n) is 7.66. The smallest absolute Gasteiger partial charge is 0.0976 e. The zero-order valence-electron chi connectivity index (χ0n) is 14.1. The van der Waals surface area contributed by atoms with E-state index in [0.29, 0.717) is 0 Å². The van der Waals surface area contributed by atoms with Crippen molar-refractivity contribution in [2.45, 2.75) is 66.2 Å². The minimum absolute atomic E-state index is 0.000921. The number of aryl methyl sites for hydroxylation is 2. The maximum Gasteiger partial charge on any atom is 0.0976 e. The molecular formula is C17H29NOS. The molecule has 0 spiro atoms. The van der Waals surface area contributed by atoms with Crippen LogP contribution in [0.4, 0.5) is 0 Å². The van der Waals surface area contributed by atoms with E-state index in [1.165, 1.54) is 16.7 Å². The van der Waals surface area contributed by atoms with E-state index in [9.17, 15) is 4.21 Å². The van der Waals surface area contributed by atoms with Crippen LogP contribution < -0.4 is 4.72 Å². The molecule has 20 heavy (non-hydrogen) atoms. The number of benzene rings is 1. The van der Waals surface area contributed by atoms with E-state index in [4.69, 9.17) is 0 Å². The van der Waals surface area contributed by atoms with Gasteiger partial charge in [0, 0.05) is 6.04 Å². The van der Waals surface area contributed by atoms with Gasteiger partial charge in [0.2, 0.25) is 0 Å². The first kappa shape index (κ1) is 17.4. The molecule has 2 nitrogen and oxygen atoms in total. The number of hydrogen-bond donors (Lipinski definition) is 1. The first-order valence-corrected chi connectivity index (χ1v) is 8.33. The van der Waals surface area contributed by atoms with Gasteiger partial charge >= 0.3 is 0 Å². The molecule has 0 saturated heterocycles. The lowest BCUT2D eigenvalue weighted by Gasteiger charge is -2.34. The summed E-state index contributed by atoms with van der Waals surface area (Å²) in [5, 5.41) is 0. The van der Waals surface area contributed by atoms with Crippen molar-refractivity contribution in [1.82, 2.24) is 4.72 Å². The Morgan fingerprint density at radius 3 is 2.00 bits per heavy atom. The van der Waals surface area contributed by atoms with Crippen molar-refractivity contribution >= 4 is 11.0 Å². The Bertz CT molecular complexity index is 495. The van der Waals surface area contributed by atoms with E-state index in [1.807, 2.05) is 20.8 Å². The highest BCUT2D eigenvalue weighted by molar-refractivity contribution is 7.84. The summed E-state index contributed by atoms with van der Waals surface area (Å²) in [5.41, 5.74) is 3.75. The standard InChI is InChI=1S/C17H29NOS/c1-12-9-10-14(13(2)11-12)15(16(3,4)5)18-20(19)17(6,7)8/h9-11,15,18H,1-8H3/t15-,20?/m0/s1. The van der Waals surface area contributed by atoms with Crippen LogP contribution in [0.1, 0.15) is 64.3 Å². The molecule has 1 rings (SSSR count). The zero-order valence-corrected chi connectivity index (χ0v) is 14.9. The zero-order chi connectivity index (χ0) is 15.7. The fourth-order valence-electron chi connectivity index (χ4n) is 2.14. The van der Waals surface area contributed by atoms with Gasteiger partial charge in [0.15, 0.2) is 0 Å². The van der Waals surface area contributed by atoms with Gasteiger partial charge in [0.05, 0.1) is 15.7 Å². The Labute approximate surface area is 127 Å². The molecule has 0 saturated carbocycles. The first-order chi connectivity index (χ1) is 8.93. The monoisotopic (exact) mass is 295 g/mol. The van der Waals surface area contributed by atoms with Gasteiger partial charge in [-0.2, -0.15) is 0 Å². The highest BCUT2D eigenvalue weighted by Gasteiger charge is 2.31. The van der Waals surface area contributed by atoms with Crippen LogP contribution in [0.15, 0.2) is 18.2 Å². The second-order valence-corrected chi connectivity index (χ2v) is 9.66. The quantitative estimate of drug-likeness (QED) is 0.877. The summed E-state index contributed by atoms with van der Waals surface area (Å²) in [5.74, 6) is 0. The molecule has 0 aromatic heterocycles. The summed E-state index contributed by atoms with van der Waals surface area (Å²) in [7, 11) is -1.08. The molecule has 1 aromatic rings. The minimum atomic E-state index is -1.08. The molecule has 1 N–H and O–H groups in total. The number of hydrogen-bond acceptors (Lipinski definition) is 1. The van der Waals surface area contributed by atoms with Gasteiger partial charge in [-0.3, -0.25) is 0 Å². The van der Waals surface area contributed by atoms with Crippen LogP contribution in [0.5, 0.6) is 0 Å². The van der Waals surface area contributed by atoms with Crippen LogP contribution in [-0.2, 0) is 11.0 Å². The Morgan fingerprint density at radius 1 is 1.05 bits per heavy atom. The highest BCUT2D eigenvalue weighted by atomic mass is 32.2. The molecule has 3 heteroatoms. The summed E-state index contributed by atoms with van der Waals surface area (Å²) >= 11 is 0. The second kappa shape index (κ2) is 5.98. The van der Waals surface area contributed by atoms with E-state index < -0.39 is 11.0 Å². The summed E-state index contributed by atoms with van der Waals surface area (Å²) in [6, 6.07) is 6.55. The van der Waals surface area contributed by atoms with Gasteiger partial charge in [-0.05, 0) is 51.2 Å². The lowest BCUT2D eigenvalue weighted by molar-refractivity contribution is 0.306. The minimum Gasteiger partial charge on any atom is -0.242 e. The van der Waals surface area contributed by atoms with Crippen LogP contribution in [0, 0.1) is 19.3 Å². The maximum absolute atomic E-state index is 12.5. The molecule has 0 fully saturated rings. The number of nitrogens with one attached hydrogen (secondary N) is 1. The van der Waals surface area contributed by atoms with E-state index >= 15 is 0 Å². The number of rotatable bonds is 3. The molecule has 1 unspecified atom stereocenters. The average molecular weight is 295 g/mol. The van der Waals surface area contributed by atoms with Crippen molar-refractivity contribution in [2.75, 3.05) is 0 Å². The molecule has 0 heterocycles. The maximum atomic E-state index is 12.5. The fraction of sp³-hybridized carbons (Fsp3) is 0.647. The summed E-state index contributed by atoms with van der Waals surface area (Å²) in [6.45, 7) is 16.8. The Balaban J connectivity index is 3.18. The summed E-state index contributed by atoms with van der Waals surface area (Å²) < 4.78 is 15.6. The molecule has 0 radical (unpaired) electrons. The largest absolute Gasteiger partial charge is 0.242 e. The lowest BCUT2D eigenvalue weighted by Crippen LogP contribution is -2.40. The van der Waals surface area contributed by atoms with Crippen molar-refractivity contribution in [3.63, 3.8) is 0 Å². The topological polar surface area (TPSA) is 29.1 Å². The third-order valence-electron chi connectivity index (χ3n) is 3.38. The third kappa shape index (κ3) is 4.42. The van der Waals surface area contributed by atoms with Crippen LogP contribution in [0.3, 0.4) is 0 Å². The fourth-order valence-corrected chi connectivity index (χ4v) is 3.19. The third-order valence-corrected chi connectivity index (χ3v) is 4.95. The Hall–Kier alpha value is -0.670. The average Bonchev–Trinajstić information content (AvgIpc) is 2.23. The van der Waals surface area contributed by atoms with Crippen LogP contribution in [0.2, 0.25) is 0 Å². The van der Waals surface area contributed by atoms with E-state index in [1.54, 1.807) is 0 Å². The summed E-state index contributed by atoms with van der Waals surface area (Å²) in [6.07, 6.45) is 0. The van der Waals surface area contributed by atoms with Crippen molar-refractivity contribution in [1.29, 1.82) is 0 Å². The van der Waals surface area contributed by atoms with Crippen LogP contribution in [0.25, 0.3) is 0 Å².